The first-order valence-electron chi connectivity index (χ1n) is 11.5. The molecule has 0 fully saturated rings. The van der Waals surface area contributed by atoms with Crippen molar-refractivity contribution in [1.29, 1.82) is 0 Å². The van der Waals surface area contributed by atoms with Gasteiger partial charge in [0.25, 0.3) is 5.91 Å². The van der Waals surface area contributed by atoms with Crippen molar-refractivity contribution in [3.63, 3.8) is 0 Å². The molecule has 3 aromatic rings. The van der Waals surface area contributed by atoms with Crippen LogP contribution in [0.25, 0.3) is 0 Å². The third-order valence-corrected chi connectivity index (χ3v) is 6.54. The molecule has 0 spiro atoms. The van der Waals surface area contributed by atoms with E-state index in [1.165, 1.54) is 19.8 Å². The molecule has 1 aliphatic heterocycles. The van der Waals surface area contributed by atoms with Gasteiger partial charge in [-0.25, -0.2) is 0 Å². The third kappa shape index (κ3) is 4.54. The molecule has 7 heteroatoms. The number of likely N-dealkylation sites (N-methyl/N-ethyl adjacent to an activating group) is 1. The van der Waals surface area contributed by atoms with Gasteiger partial charge in [0.15, 0.2) is 11.5 Å². The summed E-state index contributed by atoms with van der Waals surface area (Å²) in [6.07, 6.45) is 0.915. The van der Waals surface area contributed by atoms with E-state index in [0.29, 0.717) is 34.1 Å². The highest BCUT2D eigenvalue weighted by Gasteiger charge is 2.43. The fraction of sp³-hybridized carbons (Fsp3) is 0.286. The number of hydrogen-bond donors (Lipinski definition) is 1. The lowest BCUT2D eigenvalue weighted by atomic mass is 9.79. The van der Waals surface area contributed by atoms with Gasteiger partial charge in [0, 0.05) is 18.3 Å². The molecule has 182 valence electrons. The number of carbonyl (C=O) groups excluding carboxylic acids is 2. The van der Waals surface area contributed by atoms with Gasteiger partial charge in [-0.1, -0.05) is 31.2 Å². The molecule has 1 N–H and O–H groups in total. The molecule has 1 aliphatic rings. The van der Waals surface area contributed by atoms with Crippen LogP contribution in [0.4, 0.5) is 5.69 Å². The number of ether oxygens (including phenoxy) is 3. The second-order valence-electron chi connectivity index (χ2n) is 8.45. The number of benzene rings is 3. The summed E-state index contributed by atoms with van der Waals surface area (Å²) in [5.74, 6) is 0.488. The van der Waals surface area contributed by atoms with Gasteiger partial charge in [0.2, 0.25) is 5.91 Å². The van der Waals surface area contributed by atoms with Crippen molar-refractivity contribution in [3.05, 3.63) is 82.9 Å². The lowest BCUT2D eigenvalue weighted by Crippen LogP contribution is -2.44. The number of nitrogens with one attached hydrogen (secondary N) is 1. The fourth-order valence-electron chi connectivity index (χ4n) is 4.59. The predicted molar refractivity (Wildman–Crippen MR) is 135 cm³/mol. The van der Waals surface area contributed by atoms with Crippen molar-refractivity contribution >= 4 is 17.5 Å². The van der Waals surface area contributed by atoms with E-state index in [-0.39, 0.29) is 11.8 Å². The van der Waals surface area contributed by atoms with Crippen LogP contribution in [-0.4, -0.2) is 45.1 Å². The van der Waals surface area contributed by atoms with E-state index < -0.39 is 12.0 Å². The first-order chi connectivity index (χ1) is 16.9. The number of rotatable bonds is 7. The number of aryl methyl sites for hydroxylation is 1. The van der Waals surface area contributed by atoms with Crippen LogP contribution in [-0.2, 0) is 11.2 Å². The number of fused-ring (bicyclic) bond motifs is 1. The number of methoxy groups -OCH3 is 3. The highest BCUT2D eigenvalue weighted by Crippen LogP contribution is 2.46. The maximum absolute atomic E-state index is 13.9. The second kappa shape index (κ2) is 10.1. The molecule has 0 radical (unpaired) electrons. The minimum atomic E-state index is -0.688. The summed E-state index contributed by atoms with van der Waals surface area (Å²) in [6, 6.07) is 18.1. The Hall–Kier alpha value is -4.00. The Morgan fingerprint density at radius 1 is 0.914 bits per heavy atom. The molecule has 3 aromatic carbocycles. The lowest BCUT2D eigenvalue weighted by Gasteiger charge is -2.40. The summed E-state index contributed by atoms with van der Waals surface area (Å²) in [7, 11) is 6.37. The summed E-state index contributed by atoms with van der Waals surface area (Å²) in [5, 5.41) is 3.05. The van der Waals surface area contributed by atoms with E-state index in [1.807, 2.05) is 48.5 Å². The van der Waals surface area contributed by atoms with Gasteiger partial charge in [-0.15, -0.1) is 0 Å². The Balaban J connectivity index is 1.84. The van der Waals surface area contributed by atoms with Crippen molar-refractivity contribution in [2.75, 3.05) is 33.7 Å². The van der Waals surface area contributed by atoms with E-state index in [2.05, 4.69) is 12.2 Å². The number of anilines is 1. The smallest absolute Gasteiger partial charge is 0.254 e. The molecular formula is C28H30N2O5. The summed E-state index contributed by atoms with van der Waals surface area (Å²) in [4.78, 5) is 28.9. The van der Waals surface area contributed by atoms with Gasteiger partial charge in [-0.3, -0.25) is 9.59 Å². The van der Waals surface area contributed by atoms with Gasteiger partial charge >= 0.3 is 0 Å². The van der Waals surface area contributed by atoms with Crippen molar-refractivity contribution < 1.29 is 23.8 Å². The van der Waals surface area contributed by atoms with Crippen LogP contribution >= 0.6 is 0 Å². The zero-order valence-corrected chi connectivity index (χ0v) is 20.6. The van der Waals surface area contributed by atoms with E-state index in [0.717, 1.165) is 12.0 Å². The zero-order chi connectivity index (χ0) is 25.1. The summed E-state index contributed by atoms with van der Waals surface area (Å²) in [5.41, 5.74) is 3.71. The zero-order valence-electron chi connectivity index (χ0n) is 20.6. The van der Waals surface area contributed by atoms with Crippen LogP contribution in [0.15, 0.2) is 60.7 Å². The SMILES string of the molecule is CCc1ccc(NC(=O)C2c3cc(OC)c(OC)cc3C(=O)N(C)C2c2ccc(OC)cc2)cc1. The molecule has 0 bridgehead atoms. The molecule has 0 aromatic heterocycles. The maximum Gasteiger partial charge on any atom is 0.254 e. The van der Waals surface area contributed by atoms with Gasteiger partial charge < -0.3 is 24.4 Å². The van der Waals surface area contributed by atoms with Crippen molar-refractivity contribution in [2.24, 2.45) is 0 Å². The second-order valence-corrected chi connectivity index (χ2v) is 8.45. The number of carbonyl (C=O) groups is 2. The largest absolute Gasteiger partial charge is 0.497 e. The van der Waals surface area contributed by atoms with Crippen LogP contribution in [0, 0.1) is 0 Å². The number of amides is 2. The molecule has 2 amide bonds. The van der Waals surface area contributed by atoms with E-state index >= 15 is 0 Å². The van der Waals surface area contributed by atoms with E-state index in [1.54, 1.807) is 31.2 Å². The summed E-state index contributed by atoms with van der Waals surface area (Å²) < 4.78 is 16.2. The lowest BCUT2D eigenvalue weighted by molar-refractivity contribution is -0.119. The normalized spacial score (nSPS) is 16.9. The minimum absolute atomic E-state index is 0.196. The molecule has 0 saturated heterocycles. The van der Waals surface area contributed by atoms with Crippen LogP contribution in [0.5, 0.6) is 17.2 Å². The molecule has 35 heavy (non-hydrogen) atoms. The Kier molecular flexibility index (Phi) is 6.96. The first kappa shape index (κ1) is 24.1. The van der Waals surface area contributed by atoms with E-state index in [4.69, 9.17) is 14.2 Å². The summed E-state index contributed by atoms with van der Waals surface area (Å²) in [6.45, 7) is 2.08. The quantitative estimate of drug-likeness (QED) is 0.531. The average Bonchev–Trinajstić information content (AvgIpc) is 2.90. The highest BCUT2D eigenvalue weighted by atomic mass is 16.5. The number of hydrogen-bond acceptors (Lipinski definition) is 5. The highest BCUT2D eigenvalue weighted by molar-refractivity contribution is 6.04. The Labute approximate surface area is 205 Å². The number of nitrogens with zero attached hydrogens (tertiary/aromatic N) is 1. The monoisotopic (exact) mass is 474 g/mol. The Bertz CT molecular complexity index is 1220. The molecule has 0 saturated carbocycles. The van der Waals surface area contributed by atoms with Crippen LogP contribution < -0.4 is 19.5 Å². The standard InChI is InChI=1S/C28H30N2O5/c1-6-17-7-11-19(12-8-17)29-27(31)25-21-15-23(34-4)24(35-5)16-22(21)28(32)30(2)26(25)18-9-13-20(33-3)14-10-18/h7-16,25-26H,6H2,1-5H3,(H,29,31). The van der Waals surface area contributed by atoms with Gasteiger partial charge in [0.1, 0.15) is 5.75 Å². The van der Waals surface area contributed by atoms with E-state index in [9.17, 15) is 9.59 Å². The molecule has 0 aliphatic carbocycles. The minimum Gasteiger partial charge on any atom is -0.497 e. The van der Waals surface area contributed by atoms with Crippen molar-refractivity contribution in [3.8, 4) is 17.2 Å². The van der Waals surface area contributed by atoms with Gasteiger partial charge in [0.05, 0.1) is 33.3 Å². The molecule has 2 unspecified atom stereocenters. The van der Waals surface area contributed by atoms with Crippen molar-refractivity contribution in [1.82, 2.24) is 4.90 Å². The fourth-order valence-corrected chi connectivity index (χ4v) is 4.59. The molecule has 7 nitrogen and oxygen atoms in total. The first-order valence-corrected chi connectivity index (χ1v) is 11.5. The molecule has 2 atom stereocenters. The molecule has 4 rings (SSSR count). The van der Waals surface area contributed by atoms with Crippen LogP contribution in [0.3, 0.4) is 0 Å². The predicted octanol–water partition coefficient (Wildman–Crippen LogP) is 4.82. The topological polar surface area (TPSA) is 77.1 Å². The van der Waals surface area contributed by atoms with Gasteiger partial charge in [-0.05, 0) is 59.5 Å². The molecular weight excluding hydrogens is 444 g/mol. The summed E-state index contributed by atoms with van der Waals surface area (Å²) >= 11 is 0. The Morgan fingerprint density at radius 3 is 2.11 bits per heavy atom. The van der Waals surface area contributed by atoms with Crippen LogP contribution in [0.1, 0.15) is 45.9 Å². The van der Waals surface area contributed by atoms with Crippen LogP contribution in [0.2, 0.25) is 0 Å². The average molecular weight is 475 g/mol. The third-order valence-electron chi connectivity index (χ3n) is 6.54. The van der Waals surface area contributed by atoms with Crippen molar-refractivity contribution in [2.45, 2.75) is 25.3 Å². The van der Waals surface area contributed by atoms with Gasteiger partial charge in [-0.2, -0.15) is 0 Å². The maximum atomic E-state index is 13.9. The molecule has 1 heterocycles. The Morgan fingerprint density at radius 2 is 1.54 bits per heavy atom.